The number of rotatable bonds is 5. The third-order valence-electron chi connectivity index (χ3n) is 11.4. The van der Waals surface area contributed by atoms with Crippen molar-refractivity contribution >= 4 is 0 Å². The Balaban J connectivity index is 1.49. The molecule has 30 heavy (non-hydrogen) atoms. The predicted molar refractivity (Wildman–Crippen MR) is 130 cm³/mol. The summed E-state index contributed by atoms with van der Waals surface area (Å²) in [5, 5.41) is 0. The van der Waals surface area contributed by atoms with Gasteiger partial charge in [-0.3, -0.25) is 0 Å². The summed E-state index contributed by atoms with van der Waals surface area (Å²) in [5.74, 6) is 7.03. The number of allylic oxidation sites excluding steroid dienone is 2. The van der Waals surface area contributed by atoms with Gasteiger partial charge in [0.15, 0.2) is 0 Å². The van der Waals surface area contributed by atoms with E-state index >= 15 is 0 Å². The number of hydrogen-bond donors (Lipinski definition) is 1. The van der Waals surface area contributed by atoms with Gasteiger partial charge in [0.2, 0.25) is 0 Å². The minimum absolute atomic E-state index is 0.481. The highest BCUT2D eigenvalue weighted by Gasteiger charge is 2.60. The van der Waals surface area contributed by atoms with Crippen LogP contribution < -0.4 is 5.73 Å². The topological polar surface area (TPSA) is 26.0 Å². The summed E-state index contributed by atoms with van der Waals surface area (Å²) in [6.07, 6.45) is 19.4. The van der Waals surface area contributed by atoms with E-state index in [9.17, 15) is 0 Å². The van der Waals surface area contributed by atoms with Crippen molar-refractivity contribution in [2.24, 2.45) is 63.9 Å². The molecule has 0 aliphatic heterocycles. The Morgan fingerprint density at radius 3 is 2.27 bits per heavy atom. The molecule has 2 N–H and O–H groups in total. The highest BCUT2D eigenvalue weighted by atomic mass is 14.7. The highest BCUT2D eigenvalue weighted by molar-refractivity contribution is 5.11. The van der Waals surface area contributed by atoms with E-state index in [1.54, 1.807) is 0 Å². The molecule has 1 unspecified atom stereocenters. The number of hydrogen-bond acceptors (Lipinski definition) is 1. The summed E-state index contributed by atoms with van der Waals surface area (Å²) >= 11 is 0. The van der Waals surface area contributed by atoms with Crippen LogP contribution in [0.25, 0.3) is 0 Å². The maximum absolute atomic E-state index is 6.40. The van der Waals surface area contributed by atoms with Gasteiger partial charge in [0.25, 0.3) is 0 Å². The maximum atomic E-state index is 6.40. The number of nitrogens with two attached hydrogens (primary N) is 1. The van der Waals surface area contributed by atoms with Gasteiger partial charge in [-0.15, -0.1) is 0 Å². The quantitative estimate of drug-likeness (QED) is 0.456. The second-order valence-electron chi connectivity index (χ2n) is 13.0. The van der Waals surface area contributed by atoms with Gasteiger partial charge in [0.05, 0.1) is 0 Å². The van der Waals surface area contributed by atoms with Crippen molar-refractivity contribution in [1.29, 1.82) is 0 Å². The van der Waals surface area contributed by atoms with Gasteiger partial charge in [-0.1, -0.05) is 53.7 Å². The Kier molecular flexibility index (Phi) is 6.53. The van der Waals surface area contributed by atoms with Crippen LogP contribution in [-0.2, 0) is 0 Å². The second kappa shape index (κ2) is 8.57. The van der Waals surface area contributed by atoms with Crippen LogP contribution in [0.2, 0.25) is 0 Å². The van der Waals surface area contributed by atoms with Crippen LogP contribution in [0.15, 0.2) is 12.2 Å². The fourth-order valence-corrected chi connectivity index (χ4v) is 9.48. The fraction of sp³-hybridized carbons (Fsp3) is 0.931. The van der Waals surface area contributed by atoms with Crippen LogP contribution in [0.1, 0.15) is 106 Å². The zero-order valence-electron chi connectivity index (χ0n) is 21.0. The molecule has 0 aromatic rings. The molecule has 10 atom stereocenters. The summed E-state index contributed by atoms with van der Waals surface area (Å²) < 4.78 is 0. The van der Waals surface area contributed by atoms with Gasteiger partial charge >= 0.3 is 0 Å². The molecule has 1 heteroatoms. The molecule has 4 rings (SSSR count). The Morgan fingerprint density at radius 1 is 0.867 bits per heavy atom. The zero-order chi connectivity index (χ0) is 21.7. The van der Waals surface area contributed by atoms with Crippen molar-refractivity contribution in [3.63, 3.8) is 0 Å². The van der Waals surface area contributed by atoms with Gasteiger partial charge in [0, 0.05) is 6.04 Å². The van der Waals surface area contributed by atoms with E-state index in [0.29, 0.717) is 16.9 Å². The summed E-state index contributed by atoms with van der Waals surface area (Å²) in [6.45, 7) is 15.0. The third-order valence-corrected chi connectivity index (χ3v) is 11.4. The Labute approximate surface area is 188 Å². The first-order valence-electron chi connectivity index (χ1n) is 13.6. The predicted octanol–water partition coefficient (Wildman–Crippen LogP) is 7.85. The second-order valence-corrected chi connectivity index (χ2v) is 13.0. The normalized spacial score (nSPS) is 48.3. The van der Waals surface area contributed by atoms with Crippen molar-refractivity contribution in [1.82, 2.24) is 0 Å². The Bertz CT molecular complexity index is 622. The molecular weight excluding hydrogens is 362 g/mol. The zero-order valence-corrected chi connectivity index (χ0v) is 21.0. The molecule has 0 radical (unpaired) electrons. The van der Waals surface area contributed by atoms with Crippen molar-refractivity contribution in [2.75, 3.05) is 0 Å². The van der Waals surface area contributed by atoms with Gasteiger partial charge in [0.1, 0.15) is 0 Å². The van der Waals surface area contributed by atoms with Gasteiger partial charge < -0.3 is 5.73 Å². The minimum atomic E-state index is 0.481. The molecular formula is C29H51N. The first kappa shape index (κ1) is 22.9. The van der Waals surface area contributed by atoms with E-state index < -0.39 is 0 Å². The molecule has 0 bridgehead atoms. The summed E-state index contributed by atoms with van der Waals surface area (Å²) in [6, 6.07) is 0.481. The van der Waals surface area contributed by atoms with E-state index in [1.165, 1.54) is 64.2 Å². The van der Waals surface area contributed by atoms with Gasteiger partial charge in [-0.2, -0.15) is 0 Å². The average molecular weight is 414 g/mol. The van der Waals surface area contributed by atoms with Crippen molar-refractivity contribution in [2.45, 2.75) is 112 Å². The average Bonchev–Trinajstić information content (AvgIpc) is 3.06. The van der Waals surface area contributed by atoms with Gasteiger partial charge in [-0.25, -0.2) is 0 Å². The van der Waals surface area contributed by atoms with Crippen LogP contribution in [0.3, 0.4) is 0 Å². The van der Waals surface area contributed by atoms with Crippen molar-refractivity contribution < 1.29 is 0 Å². The molecule has 0 heterocycles. The minimum Gasteiger partial charge on any atom is -0.328 e. The van der Waals surface area contributed by atoms with Crippen LogP contribution in [0.5, 0.6) is 0 Å². The van der Waals surface area contributed by atoms with Crippen molar-refractivity contribution in [3.05, 3.63) is 12.2 Å². The van der Waals surface area contributed by atoms with E-state index in [2.05, 4.69) is 53.7 Å². The van der Waals surface area contributed by atoms with Crippen LogP contribution in [0, 0.1) is 58.2 Å². The molecule has 4 aliphatic carbocycles. The Morgan fingerprint density at radius 2 is 1.57 bits per heavy atom. The maximum Gasteiger partial charge on any atom is 0.00418 e. The molecule has 0 spiro atoms. The molecule has 0 amide bonds. The summed E-state index contributed by atoms with van der Waals surface area (Å²) in [5.41, 5.74) is 7.57. The SMILES string of the molecule is CC[C@@H](C=C[C@@H](C)[C@H]1CC[C@H]2[C@@H]3CCC4C[C@@H](N)CC[C@]4(C)[C@H]3CC[C@]12C)C(C)C. The molecule has 0 aromatic heterocycles. The van der Waals surface area contributed by atoms with Crippen molar-refractivity contribution in [3.8, 4) is 0 Å². The van der Waals surface area contributed by atoms with Crippen LogP contribution >= 0.6 is 0 Å². The third kappa shape index (κ3) is 3.74. The monoisotopic (exact) mass is 413 g/mol. The summed E-state index contributed by atoms with van der Waals surface area (Å²) in [4.78, 5) is 0. The molecule has 4 saturated carbocycles. The van der Waals surface area contributed by atoms with Gasteiger partial charge in [-0.05, 0) is 122 Å². The van der Waals surface area contributed by atoms with Crippen LogP contribution in [-0.4, -0.2) is 6.04 Å². The highest BCUT2D eigenvalue weighted by Crippen LogP contribution is 2.68. The van der Waals surface area contributed by atoms with Crippen LogP contribution in [0.4, 0.5) is 0 Å². The molecule has 4 fully saturated rings. The molecule has 172 valence electrons. The standard InChI is InChI=1S/C29H51N/c1-7-21(19(2)3)9-8-20(4)25-12-13-26-24-11-10-22-18-23(30)14-16-28(22,5)27(24)15-17-29(25,26)6/h8-9,19-27H,7,10-18,30H2,1-6H3/t20-,21+,22?,23+,24+,25-,26+,27+,28+,29-/m1/s1. The molecule has 0 aromatic carbocycles. The largest absolute Gasteiger partial charge is 0.328 e. The molecule has 0 saturated heterocycles. The lowest BCUT2D eigenvalue weighted by Gasteiger charge is -2.61. The summed E-state index contributed by atoms with van der Waals surface area (Å²) in [7, 11) is 0. The van der Waals surface area contributed by atoms with E-state index in [4.69, 9.17) is 5.73 Å². The lowest BCUT2D eigenvalue weighted by molar-refractivity contribution is -0.115. The van der Waals surface area contributed by atoms with E-state index in [-0.39, 0.29) is 0 Å². The first-order valence-corrected chi connectivity index (χ1v) is 13.6. The lowest BCUT2D eigenvalue weighted by Crippen LogP contribution is -2.54. The smallest absolute Gasteiger partial charge is 0.00418 e. The van der Waals surface area contributed by atoms with E-state index in [1.807, 2.05) is 0 Å². The fourth-order valence-electron chi connectivity index (χ4n) is 9.48. The first-order chi connectivity index (χ1) is 14.2. The lowest BCUT2D eigenvalue weighted by atomic mass is 9.44. The molecule has 1 nitrogen and oxygen atoms in total. The van der Waals surface area contributed by atoms with E-state index in [0.717, 1.165) is 47.3 Å². The Hall–Kier alpha value is -0.300. The molecule has 4 aliphatic rings. The number of fused-ring (bicyclic) bond motifs is 5.